The van der Waals surface area contributed by atoms with E-state index in [2.05, 4.69) is 22.1 Å². The van der Waals surface area contributed by atoms with Gasteiger partial charge in [0.05, 0.1) is 12.1 Å². The Balaban J connectivity index is 1.78. The number of fused-ring (bicyclic) bond motifs is 1. The number of imidazole rings is 1. The number of hydrogen-bond acceptors (Lipinski definition) is 3. The summed E-state index contributed by atoms with van der Waals surface area (Å²) in [4.78, 5) is 4.64. The number of rotatable bonds is 3. The smallest absolute Gasteiger partial charge is 0.157 e. The van der Waals surface area contributed by atoms with Crippen LogP contribution in [-0.4, -0.2) is 16.5 Å². The van der Waals surface area contributed by atoms with Crippen LogP contribution in [0.3, 0.4) is 0 Å². The maximum atomic E-state index is 6.19. The van der Waals surface area contributed by atoms with Crippen LogP contribution >= 0.6 is 11.6 Å². The van der Waals surface area contributed by atoms with Gasteiger partial charge >= 0.3 is 0 Å². The molecule has 4 nitrogen and oxygen atoms in total. The van der Waals surface area contributed by atoms with E-state index in [-0.39, 0.29) is 0 Å². The topological polar surface area (TPSA) is 38.6 Å². The Hall–Kier alpha value is -3.42. The van der Waals surface area contributed by atoms with Gasteiger partial charge in [-0.2, -0.15) is 0 Å². The number of nitrogens with zero attached hydrogens (tertiary/aromatic N) is 2. The molecule has 0 aliphatic heterocycles. The average Bonchev–Trinajstić information content (AvgIpc) is 3.04. The highest BCUT2D eigenvalue weighted by molar-refractivity contribution is 6.30. The van der Waals surface area contributed by atoms with Gasteiger partial charge in [-0.1, -0.05) is 35.7 Å². The summed E-state index contributed by atoms with van der Waals surface area (Å²) in [5.74, 6) is 7.89. The number of anilines is 2. The van der Waals surface area contributed by atoms with Crippen LogP contribution in [0, 0.1) is 11.8 Å². The standard InChI is InChI=1S/C22H16ClN3O/c1-27-19-11-9-18(10-12-19)24-22-20(13-7-16-5-3-2-4-6-16)25-21-14-8-17(23)15-26(21)22/h2-6,8-12,14-15,24H,1H3. The molecule has 27 heavy (non-hydrogen) atoms. The van der Waals surface area contributed by atoms with Crippen LogP contribution in [0.25, 0.3) is 5.65 Å². The molecule has 1 N–H and O–H groups in total. The molecule has 0 spiro atoms. The normalized spacial score (nSPS) is 10.3. The molecule has 0 amide bonds. The van der Waals surface area contributed by atoms with Crippen LogP contribution in [-0.2, 0) is 0 Å². The van der Waals surface area contributed by atoms with E-state index < -0.39 is 0 Å². The molecular weight excluding hydrogens is 358 g/mol. The van der Waals surface area contributed by atoms with Gasteiger partial charge in [-0.15, -0.1) is 0 Å². The first kappa shape index (κ1) is 17.0. The van der Waals surface area contributed by atoms with Crippen molar-refractivity contribution in [2.24, 2.45) is 0 Å². The summed E-state index contributed by atoms with van der Waals surface area (Å²) in [6.07, 6.45) is 1.82. The van der Waals surface area contributed by atoms with Crippen LogP contribution in [0.1, 0.15) is 11.3 Å². The number of halogens is 1. The minimum Gasteiger partial charge on any atom is -0.497 e. The highest BCUT2D eigenvalue weighted by Crippen LogP contribution is 2.25. The molecule has 2 aromatic carbocycles. The van der Waals surface area contributed by atoms with Crippen LogP contribution in [0.4, 0.5) is 11.5 Å². The molecule has 0 unspecified atom stereocenters. The van der Waals surface area contributed by atoms with Gasteiger partial charge in [-0.25, -0.2) is 4.98 Å². The van der Waals surface area contributed by atoms with E-state index in [1.165, 1.54) is 0 Å². The second-order valence-electron chi connectivity index (χ2n) is 5.85. The van der Waals surface area contributed by atoms with Crippen LogP contribution in [0.5, 0.6) is 5.75 Å². The van der Waals surface area contributed by atoms with E-state index in [0.717, 1.165) is 28.5 Å². The van der Waals surface area contributed by atoms with Crippen molar-refractivity contribution in [3.8, 4) is 17.6 Å². The predicted octanol–water partition coefficient (Wildman–Crippen LogP) is 5.14. The van der Waals surface area contributed by atoms with E-state index in [4.69, 9.17) is 16.3 Å². The van der Waals surface area contributed by atoms with Crippen molar-refractivity contribution in [2.45, 2.75) is 0 Å². The fourth-order valence-corrected chi connectivity index (χ4v) is 2.85. The molecular formula is C22H16ClN3O. The van der Waals surface area contributed by atoms with Crippen molar-refractivity contribution in [1.29, 1.82) is 0 Å². The monoisotopic (exact) mass is 373 g/mol. The summed E-state index contributed by atoms with van der Waals surface area (Å²) >= 11 is 6.19. The van der Waals surface area contributed by atoms with E-state index in [9.17, 15) is 0 Å². The number of aromatic nitrogens is 2. The van der Waals surface area contributed by atoms with Crippen molar-refractivity contribution in [2.75, 3.05) is 12.4 Å². The number of ether oxygens (including phenoxy) is 1. The SMILES string of the molecule is COc1ccc(Nc2c(C#Cc3ccccc3)nc3ccc(Cl)cn23)cc1. The highest BCUT2D eigenvalue weighted by Gasteiger charge is 2.11. The first-order valence-corrected chi connectivity index (χ1v) is 8.76. The van der Waals surface area contributed by atoms with Crippen molar-refractivity contribution in [3.05, 3.63) is 89.2 Å². The fraction of sp³-hybridized carbons (Fsp3) is 0.0455. The quantitative estimate of drug-likeness (QED) is 0.505. The first-order chi connectivity index (χ1) is 13.2. The molecule has 2 heterocycles. The van der Waals surface area contributed by atoms with Crippen LogP contribution < -0.4 is 10.1 Å². The van der Waals surface area contributed by atoms with Crippen molar-refractivity contribution in [1.82, 2.24) is 9.38 Å². The fourth-order valence-electron chi connectivity index (χ4n) is 2.69. The molecule has 5 heteroatoms. The summed E-state index contributed by atoms with van der Waals surface area (Å²) in [5, 5.41) is 4.02. The molecule has 4 rings (SSSR count). The molecule has 0 radical (unpaired) electrons. The molecule has 0 fully saturated rings. The molecule has 132 valence electrons. The second-order valence-corrected chi connectivity index (χ2v) is 6.29. The Kier molecular flexibility index (Phi) is 4.69. The van der Waals surface area contributed by atoms with E-state index in [0.29, 0.717) is 10.7 Å². The lowest BCUT2D eigenvalue weighted by Gasteiger charge is -2.08. The lowest BCUT2D eigenvalue weighted by atomic mass is 10.2. The van der Waals surface area contributed by atoms with Crippen molar-refractivity contribution < 1.29 is 4.74 Å². The van der Waals surface area contributed by atoms with Gasteiger partial charge in [0, 0.05) is 17.4 Å². The molecule has 0 saturated carbocycles. The summed E-state index contributed by atoms with van der Waals surface area (Å²) in [6, 6.07) is 21.2. The second kappa shape index (κ2) is 7.45. The zero-order chi connectivity index (χ0) is 18.6. The van der Waals surface area contributed by atoms with Crippen molar-refractivity contribution in [3.63, 3.8) is 0 Å². The Labute approximate surface area is 162 Å². The first-order valence-electron chi connectivity index (χ1n) is 8.39. The minimum absolute atomic E-state index is 0.625. The summed E-state index contributed by atoms with van der Waals surface area (Å²) in [6.45, 7) is 0. The number of benzene rings is 2. The molecule has 0 bridgehead atoms. The Bertz CT molecular complexity index is 1140. The third-order valence-electron chi connectivity index (χ3n) is 4.03. The molecule has 0 aliphatic carbocycles. The average molecular weight is 374 g/mol. The molecule has 0 saturated heterocycles. The number of pyridine rings is 1. The molecule has 0 atom stereocenters. The summed E-state index contributed by atoms with van der Waals surface area (Å²) in [7, 11) is 1.65. The van der Waals surface area contributed by atoms with Gasteiger partial charge in [-0.05, 0) is 54.5 Å². The zero-order valence-corrected chi connectivity index (χ0v) is 15.4. The van der Waals surface area contributed by atoms with Gasteiger partial charge in [0.15, 0.2) is 11.5 Å². The van der Waals surface area contributed by atoms with Crippen LogP contribution in [0.15, 0.2) is 72.9 Å². The third kappa shape index (κ3) is 3.74. The largest absolute Gasteiger partial charge is 0.497 e. The predicted molar refractivity (Wildman–Crippen MR) is 109 cm³/mol. The van der Waals surface area contributed by atoms with E-state index in [1.54, 1.807) is 7.11 Å². The summed E-state index contributed by atoms with van der Waals surface area (Å²) < 4.78 is 7.12. The van der Waals surface area contributed by atoms with Gasteiger partial charge in [0.25, 0.3) is 0 Å². The lowest BCUT2D eigenvalue weighted by molar-refractivity contribution is 0.415. The maximum Gasteiger partial charge on any atom is 0.157 e. The third-order valence-corrected chi connectivity index (χ3v) is 4.26. The minimum atomic E-state index is 0.625. The Morgan fingerprint density at radius 1 is 0.963 bits per heavy atom. The number of methoxy groups -OCH3 is 1. The van der Waals surface area contributed by atoms with Gasteiger partial charge < -0.3 is 10.1 Å². The molecule has 4 aromatic rings. The number of hydrogen-bond donors (Lipinski definition) is 1. The molecule has 0 aliphatic rings. The summed E-state index contributed by atoms with van der Waals surface area (Å²) in [5.41, 5.74) is 3.26. The number of nitrogens with one attached hydrogen (secondary N) is 1. The van der Waals surface area contributed by atoms with Crippen molar-refractivity contribution >= 4 is 28.8 Å². The Morgan fingerprint density at radius 2 is 1.74 bits per heavy atom. The van der Waals surface area contributed by atoms with E-state index in [1.807, 2.05) is 77.3 Å². The lowest BCUT2D eigenvalue weighted by Crippen LogP contribution is -1.97. The van der Waals surface area contributed by atoms with E-state index >= 15 is 0 Å². The van der Waals surface area contributed by atoms with Gasteiger partial charge in [-0.3, -0.25) is 4.40 Å². The van der Waals surface area contributed by atoms with Gasteiger partial charge in [0.1, 0.15) is 11.4 Å². The maximum absolute atomic E-state index is 6.19. The van der Waals surface area contributed by atoms with Crippen LogP contribution in [0.2, 0.25) is 5.02 Å². The highest BCUT2D eigenvalue weighted by atomic mass is 35.5. The molecule has 2 aromatic heterocycles. The zero-order valence-electron chi connectivity index (χ0n) is 14.6. The Morgan fingerprint density at radius 3 is 2.48 bits per heavy atom. The van der Waals surface area contributed by atoms with Gasteiger partial charge in [0.2, 0.25) is 0 Å².